The van der Waals surface area contributed by atoms with Gasteiger partial charge in [0, 0.05) is 30.8 Å². The molecule has 2 aromatic rings. The first-order chi connectivity index (χ1) is 11.5. The summed E-state index contributed by atoms with van der Waals surface area (Å²) < 4.78 is 7.52. The minimum Gasteiger partial charge on any atom is -0.484 e. The van der Waals surface area contributed by atoms with E-state index in [0.29, 0.717) is 11.3 Å². The number of rotatable bonds is 5. The standard InChI is InChI=1S/C17H20N4O3/c1-11-8-21-9-13(5-6-15(21)19-11)20-16(22)10-24-14-4-2-3-12(7-14)17(18)23/h2-4,7-8,13H,5-6,9-10H2,1H3,(H2,18,23)(H,20,22)/t13-/m0/s1. The van der Waals surface area contributed by atoms with Crippen LogP contribution in [0, 0.1) is 6.92 Å². The van der Waals surface area contributed by atoms with Crippen LogP contribution in [0.3, 0.4) is 0 Å². The van der Waals surface area contributed by atoms with Gasteiger partial charge in [-0.3, -0.25) is 9.59 Å². The van der Waals surface area contributed by atoms with Crippen molar-refractivity contribution in [2.45, 2.75) is 32.4 Å². The fourth-order valence-electron chi connectivity index (χ4n) is 2.86. The summed E-state index contributed by atoms with van der Waals surface area (Å²) in [5, 5.41) is 2.97. The normalized spacial score (nSPS) is 16.3. The third kappa shape index (κ3) is 3.73. The predicted molar refractivity (Wildman–Crippen MR) is 87.7 cm³/mol. The third-order valence-electron chi connectivity index (χ3n) is 3.97. The summed E-state index contributed by atoms with van der Waals surface area (Å²) >= 11 is 0. The predicted octanol–water partition coefficient (Wildman–Crippen LogP) is 0.800. The summed E-state index contributed by atoms with van der Waals surface area (Å²) in [4.78, 5) is 27.7. The van der Waals surface area contributed by atoms with Crippen LogP contribution < -0.4 is 15.8 Å². The number of hydrogen-bond donors (Lipinski definition) is 2. The van der Waals surface area contributed by atoms with Crippen LogP contribution in [0.5, 0.6) is 5.75 Å². The molecule has 2 heterocycles. The first-order valence-corrected chi connectivity index (χ1v) is 7.86. The van der Waals surface area contributed by atoms with Crippen LogP contribution in [-0.4, -0.2) is 34.0 Å². The number of carbonyl (C=O) groups excluding carboxylic acids is 2. The van der Waals surface area contributed by atoms with E-state index in [4.69, 9.17) is 10.5 Å². The Morgan fingerprint density at radius 1 is 1.46 bits per heavy atom. The molecule has 1 aliphatic heterocycles. The highest BCUT2D eigenvalue weighted by Gasteiger charge is 2.21. The second-order valence-electron chi connectivity index (χ2n) is 5.93. The van der Waals surface area contributed by atoms with Gasteiger partial charge in [-0.05, 0) is 31.5 Å². The van der Waals surface area contributed by atoms with Crippen LogP contribution >= 0.6 is 0 Å². The number of hydrogen-bond acceptors (Lipinski definition) is 4. The summed E-state index contributed by atoms with van der Waals surface area (Å²) in [5.74, 6) is 0.790. The first kappa shape index (κ1) is 16.0. The van der Waals surface area contributed by atoms with Crippen molar-refractivity contribution in [3.63, 3.8) is 0 Å². The number of amides is 2. The number of aryl methyl sites for hydroxylation is 2. The highest BCUT2D eigenvalue weighted by Crippen LogP contribution is 2.15. The first-order valence-electron chi connectivity index (χ1n) is 7.86. The molecule has 1 aromatic heterocycles. The summed E-state index contributed by atoms with van der Waals surface area (Å²) in [7, 11) is 0. The van der Waals surface area contributed by atoms with Gasteiger partial charge in [0.2, 0.25) is 5.91 Å². The zero-order chi connectivity index (χ0) is 17.1. The Kier molecular flexibility index (Phi) is 4.50. The summed E-state index contributed by atoms with van der Waals surface area (Å²) in [6, 6.07) is 6.54. The van der Waals surface area contributed by atoms with E-state index in [1.54, 1.807) is 18.2 Å². The van der Waals surface area contributed by atoms with Crippen molar-refractivity contribution in [2.75, 3.05) is 6.61 Å². The monoisotopic (exact) mass is 328 g/mol. The van der Waals surface area contributed by atoms with E-state index < -0.39 is 5.91 Å². The van der Waals surface area contributed by atoms with Crippen LogP contribution in [0.25, 0.3) is 0 Å². The fourth-order valence-corrected chi connectivity index (χ4v) is 2.86. The molecule has 0 fully saturated rings. The van der Waals surface area contributed by atoms with Gasteiger partial charge in [-0.2, -0.15) is 0 Å². The molecular formula is C17H20N4O3. The van der Waals surface area contributed by atoms with Gasteiger partial charge >= 0.3 is 0 Å². The summed E-state index contributed by atoms with van der Waals surface area (Å²) in [5.41, 5.74) is 6.57. The molecule has 1 aromatic carbocycles. The Morgan fingerprint density at radius 2 is 2.29 bits per heavy atom. The smallest absolute Gasteiger partial charge is 0.258 e. The molecule has 0 bridgehead atoms. The number of nitrogens with zero attached hydrogens (tertiary/aromatic N) is 2. The van der Waals surface area contributed by atoms with Crippen LogP contribution in [0.15, 0.2) is 30.5 Å². The van der Waals surface area contributed by atoms with Crippen molar-refractivity contribution in [2.24, 2.45) is 5.73 Å². The van der Waals surface area contributed by atoms with E-state index >= 15 is 0 Å². The largest absolute Gasteiger partial charge is 0.484 e. The minimum absolute atomic E-state index is 0.0687. The van der Waals surface area contributed by atoms with Gasteiger partial charge in [0.05, 0.1) is 5.69 Å². The molecule has 0 saturated carbocycles. The second kappa shape index (κ2) is 6.74. The Labute approximate surface area is 139 Å². The molecule has 126 valence electrons. The SMILES string of the molecule is Cc1cn2c(n1)CC[C@H](NC(=O)COc1cccc(C(N)=O)c1)C2. The molecule has 3 rings (SSSR count). The average Bonchev–Trinajstić information content (AvgIpc) is 2.92. The maximum Gasteiger partial charge on any atom is 0.258 e. The van der Waals surface area contributed by atoms with Crippen LogP contribution in [0.1, 0.15) is 28.3 Å². The molecule has 2 amide bonds. The van der Waals surface area contributed by atoms with Gasteiger partial charge in [-0.1, -0.05) is 6.07 Å². The number of ether oxygens (including phenoxy) is 1. The summed E-state index contributed by atoms with van der Waals surface area (Å²) in [6.45, 7) is 2.58. The van der Waals surface area contributed by atoms with Crippen molar-refractivity contribution < 1.29 is 14.3 Å². The zero-order valence-corrected chi connectivity index (χ0v) is 13.5. The maximum absolute atomic E-state index is 12.1. The average molecular weight is 328 g/mol. The van der Waals surface area contributed by atoms with Gasteiger partial charge in [0.1, 0.15) is 11.6 Å². The van der Waals surface area contributed by atoms with Crippen molar-refractivity contribution in [1.82, 2.24) is 14.9 Å². The lowest BCUT2D eigenvalue weighted by Crippen LogP contribution is -2.42. The number of benzene rings is 1. The van der Waals surface area contributed by atoms with Gasteiger partial charge in [0.15, 0.2) is 6.61 Å². The molecule has 0 saturated heterocycles. The zero-order valence-electron chi connectivity index (χ0n) is 13.5. The Balaban J connectivity index is 1.51. The van der Waals surface area contributed by atoms with Crippen LogP contribution in [-0.2, 0) is 17.8 Å². The highest BCUT2D eigenvalue weighted by atomic mass is 16.5. The van der Waals surface area contributed by atoms with E-state index in [1.807, 2.05) is 13.1 Å². The Morgan fingerprint density at radius 3 is 3.08 bits per heavy atom. The minimum atomic E-state index is -0.529. The molecule has 1 atom stereocenters. The molecule has 0 spiro atoms. The van der Waals surface area contributed by atoms with Crippen molar-refractivity contribution in [1.29, 1.82) is 0 Å². The second-order valence-corrected chi connectivity index (χ2v) is 5.93. The molecule has 0 aliphatic carbocycles. The van der Waals surface area contributed by atoms with Gasteiger partial charge < -0.3 is 20.4 Å². The van der Waals surface area contributed by atoms with Crippen molar-refractivity contribution in [3.05, 3.63) is 47.5 Å². The van der Waals surface area contributed by atoms with Gasteiger partial charge in [0.25, 0.3) is 5.91 Å². The molecular weight excluding hydrogens is 308 g/mol. The maximum atomic E-state index is 12.1. The lowest BCUT2D eigenvalue weighted by atomic mass is 10.1. The number of nitrogens with two attached hydrogens (primary N) is 1. The van der Waals surface area contributed by atoms with Crippen molar-refractivity contribution in [3.8, 4) is 5.75 Å². The van der Waals surface area contributed by atoms with E-state index in [-0.39, 0.29) is 18.6 Å². The number of aromatic nitrogens is 2. The topological polar surface area (TPSA) is 99.2 Å². The van der Waals surface area contributed by atoms with Crippen LogP contribution in [0.2, 0.25) is 0 Å². The number of carbonyl (C=O) groups is 2. The molecule has 7 heteroatoms. The van der Waals surface area contributed by atoms with E-state index in [2.05, 4.69) is 14.9 Å². The van der Waals surface area contributed by atoms with E-state index in [9.17, 15) is 9.59 Å². The lowest BCUT2D eigenvalue weighted by Gasteiger charge is -2.24. The van der Waals surface area contributed by atoms with Crippen LogP contribution in [0.4, 0.5) is 0 Å². The molecule has 24 heavy (non-hydrogen) atoms. The number of nitrogens with one attached hydrogen (secondary N) is 1. The van der Waals surface area contributed by atoms with E-state index in [1.165, 1.54) is 6.07 Å². The number of primary amides is 1. The lowest BCUT2D eigenvalue weighted by molar-refractivity contribution is -0.124. The highest BCUT2D eigenvalue weighted by molar-refractivity contribution is 5.93. The number of imidazole rings is 1. The fraction of sp³-hybridized carbons (Fsp3) is 0.353. The molecule has 1 aliphatic rings. The van der Waals surface area contributed by atoms with Crippen molar-refractivity contribution >= 4 is 11.8 Å². The molecule has 0 unspecified atom stereocenters. The quantitative estimate of drug-likeness (QED) is 0.848. The molecule has 7 nitrogen and oxygen atoms in total. The molecule has 0 radical (unpaired) electrons. The Bertz CT molecular complexity index is 769. The van der Waals surface area contributed by atoms with E-state index in [0.717, 1.165) is 30.9 Å². The van der Waals surface area contributed by atoms with Gasteiger partial charge in [-0.25, -0.2) is 4.98 Å². The Hall–Kier alpha value is -2.83. The van der Waals surface area contributed by atoms with Gasteiger partial charge in [-0.15, -0.1) is 0 Å². The molecule has 3 N–H and O–H groups in total. The third-order valence-corrected chi connectivity index (χ3v) is 3.97. The summed E-state index contributed by atoms with van der Waals surface area (Å²) in [6.07, 6.45) is 3.71. The number of fused-ring (bicyclic) bond motifs is 1.